The molecule has 1 rings (SSSR count). The number of hydrogen-bond donors (Lipinski definition) is 1. The summed E-state index contributed by atoms with van der Waals surface area (Å²) in [7, 11) is -2.20. The summed E-state index contributed by atoms with van der Waals surface area (Å²) >= 11 is -2.33. The van der Waals surface area contributed by atoms with Crippen LogP contribution in [0.4, 0.5) is 0 Å². The van der Waals surface area contributed by atoms with Gasteiger partial charge in [0, 0.05) is 4.90 Å². The van der Waals surface area contributed by atoms with Crippen molar-refractivity contribution in [2.24, 2.45) is 0 Å². The fraction of sp³-hybridized carbons (Fsp3) is 0.143. The van der Waals surface area contributed by atoms with E-state index in [9.17, 15) is 17.2 Å². The van der Waals surface area contributed by atoms with Gasteiger partial charge in [0.2, 0.25) is 10.0 Å². The van der Waals surface area contributed by atoms with E-state index < -0.39 is 21.1 Å². The molecule has 0 saturated carbocycles. The first-order valence-corrected chi connectivity index (χ1v) is 6.16. The van der Waals surface area contributed by atoms with Crippen molar-refractivity contribution in [3.8, 4) is 0 Å². The molecule has 0 bridgehead atoms. The Morgan fingerprint density at radius 1 is 1.27 bits per heavy atom. The van der Waals surface area contributed by atoms with Gasteiger partial charge in [0.05, 0.1) is 4.90 Å². The van der Waals surface area contributed by atoms with E-state index in [1.807, 2.05) is 0 Å². The second-order valence-corrected chi connectivity index (χ2v) is 5.24. The second kappa shape index (κ2) is 6.09. The SMILES string of the molecule is CNS(=O)(=O)c1ccc(S(=O)[O-])cc1.[Na+]. The number of rotatable bonds is 3. The molecule has 0 fully saturated rings. The molecule has 0 radical (unpaired) electrons. The molecule has 1 aromatic carbocycles. The third-order valence-electron chi connectivity index (χ3n) is 1.60. The standard InChI is InChI=1S/C7H9NO4S2.Na/c1-8-14(11,12)7-4-2-6(3-5-7)13(9)10;/h2-5,8H,1H3,(H,9,10);/q;+1/p-1. The van der Waals surface area contributed by atoms with Gasteiger partial charge in [-0.3, -0.25) is 4.21 Å². The number of benzene rings is 1. The second-order valence-electron chi connectivity index (χ2n) is 2.41. The molecule has 8 heteroatoms. The van der Waals surface area contributed by atoms with Crippen molar-refractivity contribution in [1.82, 2.24) is 4.72 Å². The quantitative estimate of drug-likeness (QED) is 0.457. The minimum Gasteiger partial charge on any atom is -0.768 e. The van der Waals surface area contributed by atoms with Crippen LogP contribution in [0.15, 0.2) is 34.1 Å². The van der Waals surface area contributed by atoms with Crippen LogP contribution in [0.25, 0.3) is 0 Å². The minimum absolute atomic E-state index is 0. The summed E-state index contributed by atoms with van der Waals surface area (Å²) in [4.78, 5) is 0.0919. The summed E-state index contributed by atoms with van der Waals surface area (Å²) in [6.45, 7) is 0. The number of sulfonamides is 1. The Morgan fingerprint density at radius 2 is 1.73 bits per heavy atom. The third-order valence-corrected chi connectivity index (χ3v) is 3.68. The molecule has 0 aliphatic heterocycles. The van der Waals surface area contributed by atoms with Gasteiger partial charge >= 0.3 is 29.6 Å². The van der Waals surface area contributed by atoms with Crippen molar-refractivity contribution >= 4 is 21.1 Å². The maximum absolute atomic E-state index is 11.2. The van der Waals surface area contributed by atoms with E-state index in [-0.39, 0.29) is 39.3 Å². The van der Waals surface area contributed by atoms with Gasteiger partial charge in [-0.1, -0.05) is 0 Å². The van der Waals surface area contributed by atoms with Crippen LogP contribution < -0.4 is 34.3 Å². The smallest absolute Gasteiger partial charge is 0.768 e. The molecule has 15 heavy (non-hydrogen) atoms. The van der Waals surface area contributed by atoms with Crippen LogP contribution in [0.2, 0.25) is 0 Å². The zero-order valence-corrected chi connectivity index (χ0v) is 11.9. The predicted octanol–water partition coefficient (Wildman–Crippen LogP) is -3.16. The Kier molecular flexibility index (Phi) is 6.19. The maximum atomic E-state index is 11.2. The van der Waals surface area contributed by atoms with E-state index in [4.69, 9.17) is 0 Å². The largest absolute Gasteiger partial charge is 1.00 e. The van der Waals surface area contributed by atoms with Crippen LogP contribution in [0.1, 0.15) is 0 Å². The molecule has 1 N–H and O–H groups in total. The van der Waals surface area contributed by atoms with Gasteiger partial charge in [0.25, 0.3) is 0 Å². The molecule has 0 saturated heterocycles. The molecular weight excluding hydrogens is 249 g/mol. The molecule has 0 aliphatic rings. The molecule has 1 atom stereocenters. The van der Waals surface area contributed by atoms with Crippen LogP contribution in [0, 0.1) is 0 Å². The Bertz CT molecular complexity index is 443. The summed E-state index contributed by atoms with van der Waals surface area (Å²) in [5, 5.41) is 0. The molecular formula is C7H8NNaO4S2. The van der Waals surface area contributed by atoms with Gasteiger partial charge in [0.1, 0.15) is 0 Å². The zero-order chi connectivity index (χ0) is 10.8. The van der Waals surface area contributed by atoms with Gasteiger partial charge in [-0.15, -0.1) is 0 Å². The Morgan fingerprint density at radius 3 is 2.07 bits per heavy atom. The van der Waals surface area contributed by atoms with Crippen molar-refractivity contribution in [1.29, 1.82) is 0 Å². The Hall–Kier alpha value is 0.240. The van der Waals surface area contributed by atoms with Gasteiger partial charge in [-0.05, 0) is 42.4 Å². The van der Waals surface area contributed by atoms with E-state index >= 15 is 0 Å². The summed E-state index contributed by atoms with van der Waals surface area (Å²) in [5.41, 5.74) is 0. The van der Waals surface area contributed by atoms with Crippen LogP contribution in [-0.4, -0.2) is 24.2 Å². The number of hydrogen-bond acceptors (Lipinski definition) is 4. The summed E-state index contributed by atoms with van der Waals surface area (Å²) in [5.74, 6) is 0. The molecule has 1 unspecified atom stereocenters. The van der Waals surface area contributed by atoms with Crippen LogP contribution in [0.3, 0.4) is 0 Å². The third kappa shape index (κ3) is 3.95. The van der Waals surface area contributed by atoms with E-state index in [1.54, 1.807) is 0 Å². The van der Waals surface area contributed by atoms with Gasteiger partial charge < -0.3 is 4.55 Å². The first kappa shape index (κ1) is 15.2. The molecule has 0 aromatic heterocycles. The molecule has 0 spiro atoms. The van der Waals surface area contributed by atoms with Crippen LogP contribution in [0.5, 0.6) is 0 Å². The van der Waals surface area contributed by atoms with Gasteiger partial charge in [-0.25, -0.2) is 13.1 Å². The van der Waals surface area contributed by atoms with Crippen molar-refractivity contribution in [3.05, 3.63) is 24.3 Å². The van der Waals surface area contributed by atoms with Crippen LogP contribution in [-0.2, 0) is 21.1 Å². The average Bonchev–Trinajstić information content (AvgIpc) is 2.18. The summed E-state index contributed by atoms with van der Waals surface area (Å²) < 4.78 is 45.5. The Balaban J connectivity index is 0.00000196. The molecule has 0 heterocycles. The topological polar surface area (TPSA) is 86.3 Å². The molecule has 5 nitrogen and oxygen atoms in total. The molecule has 1 aromatic rings. The molecule has 78 valence electrons. The van der Waals surface area contributed by atoms with E-state index in [0.29, 0.717) is 0 Å². The van der Waals surface area contributed by atoms with Gasteiger partial charge in [0.15, 0.2) is 0 Å². The normalized spacial score (nSPS) is 12.9. The summed E-state index contributed by atoms with van der Waals surface area (Å²) in [6, 6.07) is 4.93. The Labute approximate surface area is 113 Å². The first-order valence-electron chi connectivity index (χ1n) is 3.60. The fourth-order valence-corrected chi connectivity index (χ4v) is 1.94. The van der Waals surface area contributed by atoms with Crippen molar-refractivity contribution < 1.29 is 46.7 Å². The number of nitrogens with one attached hydrogen (secondary N) is 1. The molecule has 0 aliphatic carbocycles. The van der Waals surface area contributed by atoms with Crippen molar-refractivity contribution in [3.63, 3.8) is 0 Å². The maximum Gasteiger partial charge on any atom is 1.00 e. The molecule has 0 amide bonds. The van der Waals surface area contributed by atoms with E-state index in [0.717, 1.165) is 0 Å². The van der Waals surface area contributed by atoms with Gasteiger partial charge in [-0.2, -0.15) is 0 Å². The fourth-order valence-electron chi connectivity index (χ4n) is 0.848. The minimum atomic E-state index is -3.49. The van der Waals surface area contributed by atoms with Crippen molar-refractivity contribution in [2.75, 3.05) is 7.05 Å². The van der Waals surface area contributed by atoms with Crippen molar-refractivity contribution in [2.45, 2.75) is 9.79 Å². The van der Waals surface area contributed by atoms with E-state index in [2.05, 4.69) is 4.72 Å². The van der Waals surface area contributed by atoms with E-state index in [1.165, 1.54) is 31.3 Å². The predicted molar refractivity (Wildman–Crippen MR) is 49.9 cm³/mol. The average molecular weight is 257 g/mol. The monoisotopic (exact) mass is 257 g/mol. The first-order chi connectivity index (χ1) is 6.47. The summed E-state index contributed by atoms with van der Waals surface area (Å²) in [6.07, 6.45) is 0. The zero-order valence-electron chi connectivity index (χ0n) is 8.26. The van der Waals surface area contributed by atoms with Crippen LogP contribution >= 0.6 is 0 Å².